The van der Waals surface area contributed by atoms with Crippen LogP contribution in [0.2, 0.25) is 5.02 Å². The molecule has 3 aromatic carbocycles. The number of amides is 2. The highest BCUT2D eigenvalue weighted by atomic mass is 35.5. The zero-order valence-corrected chi connectivity index (χ0v) is 21.7. The molecular weight excluding hydrogens is 540 g/mol. The lowest BCUT2D eigenvalue weighted by Gasteiger charge is -2.33. The van der Waals surface area contributed by atoms with Crippen molar-refractivity contribution in [3.63, 3.8) is 0 Å². The summed E-state index contributed by atoms with van der Waals surface area (Å²) >= 11 is 6.42. The lowest BCUT2D eigenvalue weighted by Crippen LogP contribution is -2.45. The third-order valence-corrected chi connectivity index (χ3v) is 9.33. The maximum atomic E-state index is 13.2. The largest absolute Gasteiger partial charge is 0.397 e. The Morgan fingerprint density at radius 2 is 1.78 bits per heavy atom. The normalized spacial score (nSPS) is 18.6. The first kappa shape index (κ1) is 26.9. The van der Waals surface area contributed by atoms with Crippen molar-refractivity contribution in [2.75, 3.05) is 11.1 Å². The van der Waals surface area contributed by atoms with Crippen LogP contribution in [0.25, 0.3) is 0 Å². The Kier molecular flexibility index (Phi) is 7.78. The average Bonchev–Trinajstić information content (AvgIpc) is 3.12. The Morgan fingerprint density at radius 1 is 1.11 bits per heavy atom. The average molecular weight is 565 g/mol. The predicted octanol–water partition coefficient (Wildman–Crippen LogP) is 3.68. The van der Waals surface area contributed by atoms with Crippen LogP contribution < -0.4 is 20.5 Å². The van der Waals surface area contributed by atoms with Gasteiger partial charge in [0.2, 0.25) is 21.8 Å². The fourth-order valence-corrected chi connectivity index (χ4v) is 7.04. The number of sulfonamides is 1. The van der Waals surface area contributed by atoms with Crippen molar-refractivity contribution < 1.29 is 27.1 Å². The van der Waals surface area contributed by atoms with Gasteiger partial charge in [-0.15, -0.1) is 10.8 Å². The number of nitrogens with two attached hydrogens (primary N) is 1. The first-order valence-corrected chi connectivity index (χ1v) is 14.5. The van der Waals surface area contributed by atoms with Crippen LogP contribution >= 0.6 is 22.4 Å². The summed E-state index contributed by atoms with van der Waals surface area (Å²) in [7, 11) is -7.47. The van der Waals surface area contributed by atoms with Crippen LogP contribution in [-0.4, -0.2) is 35.4 Å². The summed E-state index contributed by atoms with van der Waals surface area (Å²) in [5, 5.41) is 1.89. The number of carbonyl (C=O) groups is 2. The van der Waals surface area contributed by atoms with Gasteiger partial charge in [-0.3, -0.25) is 23.4 Å². The van der Waals surface area contributed by atoms with Gasteiger partial charge >= 0.3 is 0 Å². The Bertz CT molecular complexity index is 1440. The monoisotopic (exact) mass is 564 g/mol. The highest BCUT2D eigenvalue weighted by Gasteiger charge is 2.39. The second-order valence-corrected chi connectivity index (χ2v) is 12.5. The van der Waals surface area contributed by atoms with E-state index < -0.39 is 43.9 Å². The van der Waals surface area contributed by atoms with E-state index in [1.807, 2.05) is 0 Å². The molecule has 2 unspecified atom stereocenters. The van der Waals surface area contributed by atoms with Crippen LogP contribution in [0.4, 0.5) is 11.4 Å². The minimum Gasteiger partial charge on any atom is -0.397 e. The van der Waals surface area contributed by atoms with Crippen LogP contribution in [0.1, 0.15) is 22.8 Å². The maximum absolute atomic E-state index is 13.2. The molecule has 196 valence electrons. The molecule has 0 saturated carbocycles. The molecule has 1 saturated heterocycles. The van der Waals surface area contributed by atoms with E-state index in [0.717, 1.165) is 0 Å². The first-order chi connectivity index (χ1) is 17.5. The molecule has 0 radical (unpaired) electrons. The fourth-order valence-electron chi connectivity index (χ4n) is 3.92. The van der Waals surface area contributed by atoms with E-state index in [1.165, 1.54) is 24.3 Å². The topological polar surface area (TPSA) is 171 Å². The van der Waals surface area contributed by atoms with Gasteiger partial charge in [-0.1, -0.05) is 54.1 Å². The van der Waals surface area contributed by atoms with E-state index in [9.17, 15) is 27.1 Å². The lowest BCUT2D eigenvalue weighted by atomic mass is 10.0. The van der Waals surface area contributed by atoms with Gasteiger partial charge in [-0.2, -0.15) is 4.72 Å². The Morgan fingerprint density at radius 3 is 2.41 bits per heavy atom. The zero-order chi connectivity index (χ0) is 26.8. The summed E-state index contributed by atoms with van der Waals surface area (Å²) in [5.74, 6) is -1.14. The summed E-state index contributed by atoms with van der Waals surface area (Å²) in [4.78, 5) is 24.9. The molecular formula is C24H25ClN4O6S2. The van der Waals surface area contributed by atoms with Crippen molar-refractivity contribution in [3.05, 3.63) is 88.9 Å². The molecule has 0 aliphatic carbocycles. The molecule has 2 atom stereocenters. The van der Waals surface area contributed by atoms with Crippen molar-refractivity contribution in [1.29, 1.82) is 0 Å². The van der Waals surface area contributed by atoms with Crippen molar-refractivity contribution in [3.8, 4) is 0 Å². The van der Waals surface area contributed by atoms with E-state index in [0.29, 0.717) is 22.5 Å². The Balaban J connectivity index is 1.62. The minimum absolute atomic E-state index is 0.0102. The van der Waals surface area contributed by atoms with Crippen molar-refractivity contribution in [2.24, 2.45) is 0 Å². The van der Waals surface area contributed by atoms with Gasteiger partial charge in [0.15, 0.2) is 0 Å². The first-order valence-electron chi connectivity index (χ1n) is 11.0. The summed E-state index contributed by atoms with van der Waals surface area (Å²) in [6.07, 6.45) is -0.218. The number of nitrogen functional groups attached to an aromatic ring is 1. The molecule has 1 heterocycles. The van der Waals surface area contributed by atoms with Crippen molar-refractivity contribution in [1.82, 2.24) is 9.44 Å². The summed E-state index contributed by atoms with van der Waals surface area (Å²) in [6, 6.07) is 17.6. The molecule has 13 heteroatoms. The van der Waals surface area contributed by atoms with Crippen LogP contribution in [0.15, 0.2) is 77.7 Å². The van der Waals surface area contributed by atoms with E-state index >= 15 is 0 Å². The molecule has 10 nitrogen and oxygen atoms in total. The number of anilines is 2. The maximum Gasteiger partial charge on any atom is 0.242 e. The van der Waals surface area contributed by atoms with Crippen molar-refractivity contribution >= 4 is 55.6 Å². The fraction of sp³-hybridized carbons (Fsp3) is 0.167. The van der Waals surface area contributed by atoms with Crippen LogP contribution in [-0.2, 0) is 26.0 Å². The summed E-state index contributed by atoms with van der Waals surface area (Å²) in [5.41, 5.74) is 7.42. The molecule has 0 aromatic heterocycles. The van der Waals surface area contributed by atoms with Gasteiger partial charge in [0.1, 0.15) is 11.3 Å². The lowest BCUT2D eigenvalue weighted by molar-refractivity contribution is -0.119. The molecule has 0 spiro atoms. The van der Waals surface area contributed by atoms with Gasteiger partial charge < -0.3 is 11.1 Å². The van der Waals surface area contributed by atoms with E-state index in [-0.39, 0.29) is 22.8 Å². The number of carbonyl (C=O) groups excluding carboxylic acids is 2. The highest BCUT2D eigenvalue weighted by Crippen LogP contribution is 2.57. The second kappa shape index (κ2) is 10.7. The molecule has 3 aromatic rings. The van der Waals surface area contributed by atoms with E-state index in [4.69, 9.17) is 17.3 Å². The Hall–Kier alpha value is -3.13. The number of rotatable bonds is 8. The number of benzene rings is 3. The Labute approximate surface area is 220 Å². The number of para-hydroxylation sites is 2. The van der Waals surface area contributed by atoms with Gasteiger partial charge in [-0.05, 0) is 47.9 Å². The van der Waals surface area contributed by atoms with Gasteiger partial charge in [-0.25, -0.2) is 8.42 Å². The molecule has 1 aliphatic heterocycles. The van der Waals surface area contributed by atoms with Gasteiger partial charge in [0, 0.05) is 5.02 Å². The third kappa shape index (κ3) is 6.24. The number of hydrogen-bond donors (Lipinski definition) is 6. The molecule has 37 heavy (non-hydrogen) atoms. The molecule has 1 aliphatic rings. The smallest absolute Gasteiger partial charge is 0.242 e. The van der Waals surface area contributed by atoms with Crippen LogP contribution in [0.3, 0.4) is 0 Å². The molecule has 4 rings (SSSR count). The number of hydrogen-bond acceptors (Lipinski definition) is 7. The number of halogens is 1. The van der Waals surface area contributed by atoms with Crippen LogP contribution in [0, 0.1) is 0 Å². The van der Waals surface area contributed by atoms with Gasteiger partial charge in [0.25, 0.3) is 0 Å². The van der Waals surface area contributed by atoms with E-state index in [2.05, 4.69) is 14.8 Å². The zero-order valence-electron chi connectivity index (χ0n) is 19.3. The standard InChI is InChI=1S/C24H25ClN4O6S2/c25-18-12-15(10-11-17(18)22-14-23(30)29-37(22,34)35)13-21(24(31)27-20-9-5-4-8-19(20)26)28-36(32,33)16-6-2-1-3-7-16/h1-12,21-22,28,34-35H,13-14,26H2,(H,27,31)(H,29,30). The molecule has 2 amide bonds. The summed E-state index contributed by atoms with van der Waals surface area (Å²) in [6.45, 7) is 0. The molecule has 7 N–H and O–H groups in total. The van der Waals surface area contributed by atoms with Crippen molar-refractivity contribution in [2.45, 2.75) is 29.0 Å². The quantitative estimate of drug-likeness (QED) is 0.226. The minimum atomic E-state index is -4.06. The SMILES string of the molecule is Nc1ccccc1NC(=O)C(Cc1ccc(C2CC(=O)NS2(O)O)c(Cl)c1)NS(=O)(=O)c1ccccc1. The second-order valence-electron chi connectivity index (χ2n) is 8.43. The molecule has 0 bridgehead atoms. The predicted molar refractivity (Wildman–Crippen MR) is 144 cm³/mol. The van der Waals surface area contributed by atoms with Crippen LogP contribution in [0.5, 0.6) is 0 Å². The summed E-state index contributed by atoms with van der Waals surface area (Å²) < 4.78 is 51.0. The third-order valence-electron chi connectivity index (χ3n) is 5.77. The number of nitrogens with one attached hydrogen (secondary N) is 3. The highest BCUT2D eigenvalue weighted by molar-refractivity contribution is 8.23. The van der Waals surface area contributed by atoms with Gasteiger partial charge in [0.05, 0.1) is 22.7 Å². The van der Waals surface area contributed by atoms with E-state index in [1.54, 1.807) is 48.5 Å². The molecule has 1 fully saturated rings.